The first-order valence-corrected chi connectivity index (χ1v) is 8.31. The van der Waals surface area contributed by atoms with Crippen LogP contribution in [-0.2, 0) is 16.6 Å². The van der Waals surface area contributed by atoms with Crippen LogP contribution in [-0.4, -0.2) is 8.42 Å². The minimum atomic E-state index is -3.74. The van der Waals surface area contributed by atoms with Crippen molar-refractivity contribution in [1.29, 1.82) is 0 Å². The SMILES string of the molecule is Cc1cc(S(N)(=O)=O)ccc1OCc1cc(Br)ccc1F. The molecule has 0 aromatic heterocycles. The molecule has 0 spiro atoms. The Hall–Kier alpha value is -1.44. The van der Waals surface area contributed by atoms with Crippen LogP contribution in [0.5, 0.6) is 5.75 Å². The van der Waals surface area contributed by atoms with Gasteiger partial charge in [0.15, 0.2) is 0 Å². The van der Waals surface area contributed by atoms with Crippen molar-refractivity contribution in [2.75, 3.05) is 0 Å². The molecule has 0 aliphatic carbocycles. The molecule has 0 atom stereocenters. The van der Waals surface area contributed by atoms with E-state index in [1.165, 1.54) is 24.3 Å². The summed E-state index contributed by atoms with van der Waals surface area (Å²) in [5.41, 5.74) is 1.01. The molecule has 7 heteroatoms. The molecule has 0 radical (unpaired) electrons. The molecule has 112 valence electrons. The number of ether oxygens (including phenoxy) is 1. The normalized spacial score (nSPS) is 11.4. The largest absolute Gasteiger partial charge is 0.489 e. The summed E-state index contributed by atoms with van der Waals surface area (Å²) in [6.45, 7) is 1.74. The molecule has 0 aliphatic rings. The number of rotatable bonds is 4. The molecule has 0 saturated heterocycles. The van der Waals surface area contributed by atoms with Gasteiger partial charge in [-0.2, -0.15) is 0 Å². The Balaban J connectivity index is 2.19. The predicted octanol–water partition coefficient (Wildman–Crippen LogP) is 3.12. The molecule has 2 aromatic carbocycles. The highest BCUT2D eigenvalue weighted by Gasteiger charge is 2.11. The summed E-state index contributed by atoms with van der Waals surface area (Å²) in [5.74, 6) is 0.110. The summed E-state index contributed by atoms with van der Waals surface area (Å²) in [4.78, 5) is 0.0148. The molecule has 2 rings (SSSR count). The van der Waals surface area contributed by atoms with E-state index >= 15 is 0 Å². The van der Waals surface area contributed by atoms with Gasteiger partial charge in [-0.05, 0) is 48.9 Å². The first-order chi connectivity index (χ1) is 9.77. The van der Waals surface area contributed by atoms with Crippen LogP contribution >= 0.6 is 15.9 Å². The third kappa shape index (κ3) is 4.03. The van der Waals surface area contributed by atoms with Crippen LogP contribution < -0.4 is 9.88 Å². The summed E-state index contributed by atoms with van der Waals surface area (Å²) in [5, 5.41) is 5.05. The molecule has 21 heavy (non-hydrogen) atoms. The fourth-order valence-corrected chi connectivity index (χ4v) is 2.78. The first kappa shape index (κ1) is 15.9. The van der Waals surface area contributed by atoms with E-state index in [1.54, 1.807) is 19.1 Å². The van der Waals surface area contributed by atoms with Gasteiger partial charge in [0.05, 0.1) is 4.90 Å². The summed E-state index contributed by atoms with van der Waals surface area (Å²) >= 11 is 3.27. The fourth-order valence-electron chi connectivity index (χ4n) is 1.77. The highest BCUT2D eigenvalue weighted by atomic mass is 79.9. The average molecular weight is 374 g/mol. The van der Waals surface area contributed by atoms with Crippen LogP contribution in [0.2, 0.25) is 0 Å². The predicted molar refractivity (Wildman–Crippen MR) is 81.0 cm³/mol. The number of aryl methyl sites for hydroxylation is 1. The van der Waals surface area contributed by atoms with Crippen molar-refractivity contribution in [2.24, 2.45) is 5.14 Å². The molecule has 0 fully saturated rings. The highest BCUT2D eigenvalue weighted by molar-refractivity contribution is 9.10. The number of benzene rings is 2. The monoisotopic (exact) mass is 373 g/mol. The Bertz CT molecular complexity index is 778. The average Bonchev–Trinajstić information content (AvgIpc) is 2.40. The van der Waals surface area contributed by atoms with Crippen LogP contribution in [0, 0.1) is 12.7 Å². The Morgan fingerprint density at radius 3 is 2.57 bits per heavy atom. The van der Waals surface area contributed by atoms with Gasteiger partial charge < -0.3 is 4.74 Å². The number of sulfonamides is 1. The van der Waals surface area contributed by atoms with Crippen molar-refractivity contribution in [1.82, 2.24) is 0 Å². The zero-order chi connectivity index (χ0) is 15.6. The Kier molecular flexibility index (Phi) is 4.65. The van der Waals surface area contributed by atoms with Gasteiger partial charge >= 0.3 is 0 Å². The Morgan fingerprint density at radius 1 is 1.24 bits per heavy atom. The van der Waals surface area contributed by atoms with E-state index in [4.69, 9.17) is 9.88 Å². The van der Waals surface area contributed by atoms with Gasteiger partial charge in [-0.1, -0.05) is 15.9 Å². The fraction of sp³-hybridized carbons (Fsp3) is 0.143. The maximum absolute atomic E-state index is 13.6. The van der Waals surface area contributed by atoms with E-state index in [9.17, 15) is 12.8 Å². The second-order valence-corrected chi connectivity index (χ2v) is 6.97. The van der Waals surface area contributed by atoms with Gasteiger partial charge in [0.25, 0.3) is 0 Å². The van der Waals surface area contributed by atoms with Crippen molar-refractivity contribution in [3.8, 4) is 5.75 Å². The van der Waals surface area contributed by atoms with Crippen LogP contribution in [0.1, 0.15) is 11.1 Å². The summed E-state index contributed by atoms with van der Waals surface area (Å²) in [6.07, 6.45) is 0. The maximum Gasteiger partial charge on any atom is 0.238 e. The molecule has 4 nitrogen and oxygen atoms in total. The minimum absolute atomic E-state index is 0.0148. The van der Waals surface area contributed by atoms with E-state index in [1.807, 2.05) is 0 Å². The van der Waals surface area contributed by atoms with Crippen LogP contribution in [0.25, 0.3) is 0 Å². The van der Waals surface area contributed by atoms with Gasteiger partial charge in [-0.3, -0.25) is 0 Å². The highest BCUT2D eigenvalue weighted by Crippen LogP contribution is 2.23. The van der Waals surface area contributed by atoms with Crippen molar-refractivity contribution in [3.05, 3.63) is 57.8 Å². The summed E-state index contributed by atoms with van der Waals surface area (Å²) in [7, 11) is -3.74. The molecule has 0 bridgehead atoms. The molecular formula is C14H13BrFNO3S. The third-order valence-electron chi connectivity index (χ3n) is 2.87. The van der Waals surface area contributed by atoms with Crippen molar-refractivity contribution in [2.45, 2.75) is 18.4 Å². The first-order valence-electron chi connectivity index (χ1n) is 5.97. The van der Waals surface area contributed by atoms with E-state index in [2.05, 4.69) is 15.9 Å². The van der Waals surface area contributed by atoms with Gasteiger partial charge in [-0.15, -0.1) is 0 Å². The van der Waals surface area contributed by atoms with E-state index in [-0.39, 0.29) is 17.3 Å². The zero-order valence-corrected chi connectivity index (χ0v) is 13.5. The smallest absolute Gasteiger partial charge is 0.238 e. The van der Waals surface area contributed by atoms with Gasteiger partial charge in [0, 0.05) is 10.0 Å². The molecule has 0 unspecified atom stereocenters. The van der Waals surface area contributed by atoms with Gasteiger partial charge in [-0.25, -0.2) is 17.9 Å². The van der Waals surface area contributed by atoms with Crippen LogP contribution in [0.15, 0.2) is 45.8 Å². The lowest BCUT2D eigenvalue weighted by Crippen LogP contribution is -2.12. The zero-order valence-electron chi connectivity index (χ0n) is 11.1. The molecule has 0 saturated carbocycles. The molecule has 2 N–H and O–H groups in total. The number of nitrogens with two attached hydrogens (primary N) is 1. The topological polar surface area (TPSA) is 69.4 Å². The number of primary sulfonamides is 1. The Morgan fingerprint density at radius 2 is 1.95 bits per heavy atom. The standard InChI is InChI=1S/C14H13BrFNO3S/c1-9-6-12(21(17,18)19)3-5-14(9)20-8-10-7-11(15)2-4-13(10)16/h2-7H,8H2,1H3,(H2,17,18,19). The lowest BCUT2D eigenvalue weighted by molar-refractivity contribution is 0.297. The molecule has 2 aromatic rings. The van der Waals surface area contributed by atoms with Gasteiger partial charge in [0.2, 0.25) is 10.0 Å². The van der Waals surface area contributed by atoms with Gasteiger partial charge in [0.1, 0.15) is 18.2 Å². The van der Waals surface area contributed by atoms with Crippen LogP contribution in [0.3, 0.4) is 0 Å². The molecular weight excluding hydrogens is 361 g/mol. The lowest BCUT2D eigenvalue weighted by atomic mass is 10.2. The van der Waals surface area contributed by atoms with E-state index < -0.39 is 10.0 Å². The number of hydrogen-bond donors (Lipinski definition) is 1. The van der Waals surface area contributed by atoms with Crippen molar-refractivity contribution in [3.63, 3.8) is 0 Å². The molecule has 0 amide bonds. The molecule has 0 aliphatic heterocycles. The van der Waals surface area contributed by atoms with E-state index in [0.29, 0.717) is 16.9 Å². The van der Waals surface area contributed by atoms with Crippen LogP contribution in [0.4, 0.5) is 4.39 Å². The third-order valence-corrected chi connectivity index (χ3v) is 4.27. The minimum Gasteiger partial charge on any atom is -0.489 e. The van der Waals surface area contributed by atoms with Crippen molar-refractivity contribution < 1.29 is 17.5 Å². The molecule has 0 heterocycles. The Labute approximate surface area is 130 Å². The summed E-state index contributed by atoms with van der Waals surface area (Å²) in [6, 6.07) is 8.86. The second kappa shape index (κ2) is 6.13. The van der Waals surface area contributed by atoms with E-state index in [0.717, 1.165) is 4.47 Å². The van der Waals surface area contributed by atoms with Crippen molar-refractivity contribution >= 4 is 26.0 Å². The maximum atomic E-state index is 13.6. The summed E-state index contributed by atoms with van der Waals surface area (Å²) < 4.78 is 42.4. The number of hydrogen-bond acceptors (Lipinski definition) is 3. The quantitative estimate of drug-likeness (QED) is 0.894. The second-order valence-electron chi connectivity index (χ2n) is 4.50. The lowest BCUT2D eigenvalue weighted by Gasteiger charge is -2.11. The number of halogens is 2.